The van der Waals surface area contributed by atoms with E-state index in [0.717, 1.165) is 18.6 Å². The lowest BCUT2D eigenvalue weighted by molar-refractivity contribution is 0.103. The zero-order chi connectivity index (χ0) is 12.5. The first-order valence-corrected chi connectivity index (χ1v) is 6.16. The van der Waals surface area contributed by atoms with Gasteiger partial charge in [-0.05, 0) is 54.8 Å². The Balaban J connectivity index is 1.79. The summed E-state index contributed by atoms with van der Waals surface area (Å²) in [6.07, 6.45) is 3.99. The van der Waals surface area contributed by atoms with Gasteiger partial charge in [-0.2, -0.15) is 0 Å². The van der Waals surface area contributed by atoms with Gasteiger partial charge in [0.05, 0.1) is 17.9 Å². The van der Waals surface area contributed by atoms with E-state index in [1.54, 1.807) is 30.3 Å². The molecule has 1 aromatic heterocycles. The van der Waals surface area contributed by atoms with Gasteiger partial charge in [-0.1, -0.05) is 0 Å². The van der Waals surface area contributed by atoms with E-state index in [9.17, 15) is 4.79 Å². The van der Waals surface area contributed by atoms with Crippen molar-refractivity contribution in [1.82, 2.24) is 0 Å². The maximum atomic E-state index is 12.1. The van der Waals surface area contributed by atoms with Crippen LogP contribution in [0.15, 0.2) is 41.0 Å². The highest BCUT2D eigenvalue weighted by Crippen LogP contribution is 2.27. The van der Waals surface area contributed by atoms with E-state index < -0.39 is 0 Å². The Labute approximate surface area is 109 Å². The molecular weight excluding hydrogens is 252 g/mol. The van der Waals surface area contributed by atoms with Crippen molar-refractivity contribution in [2.24, 2.45) is 0 Å². The fraction of sp³-hybridized carbons (Fsp3) is 0.214. The minimum atomic E-state index is -0.147. The van der Waals surface area contributed by atoms with Crippen LogP contribution < -0.4 is 4.74 Å². The average Bonchev–Trinajstić information content (AvgIpc) is 3.09. The number of ether oxygens (including phenoxy) is 1. The summed E-state index contributed by atoms with van der Waals surface area (Å²) >= 11 is 5.78. The van der Waals surface area contributed by atoms with Gasteiger partial charge in [0.2, 0.25) is 5.22 Å². The minimum Gasteiger partial charge on any atom is -0.490 e. The van der Waals surface area contributed by atoms with E-state index in [1.807, 2.05) is 0 Å². The van der Waals surface area contributed by atoms with Crippen LogP contribution in [0.3, 0.4) is 0 Å². The van der Waals surface area contributed by atoms with Crippen LogP contribution in [0.1, 0.15) is 28.8 Å². The van der Waals surface area contributed by atoms with Gasteiger partial charge < -0.3 is 9.15 Å². The third kappa shape index (κ3) is 2.27. The Kier molecular flexibility index (Phi) is 2.84. The van der Waals surface area contributed by atoms with E-state index in [0.29, 0.717) is 17.2 Å². The molecule has 1 aromatic carbocycles. The number of carbonyl (C=O) groups excluding carboxylic acids is 1. The largest absolute Gasteiger partial charge is 0.490 e. The molecule has 4 heteroatoms. The fourth-order valence-electron chi connectivity index (χ4n) is 1.67. The molecule has 0 spiro atoms. The Morgan fingerprint density at radius 2 is 1.94 bits per heavy atom. The Hall–Kier alpha value is -1.74. The number of carbonyl (C=O) groups is 1. The predicted octanol–water partition coefficient (Wildman–Crippen LogP) is 3.71. The van der Waals surface area contributed by atoms with Crippen LogP contribution in [0, 0.1) is 0 Å². The van der Waals surface area contributed by atoms with Gasteiger partial charge >= 0.3 is 0 Å². The third-order valence-electron chi connectivity index (χ3n) is 2.81. The summed E-state index contributed by atoms with van der Waals surface area (Å²) in [6, 6.07) is 8.66. The molecule has 92 valence electrons. The first-order chi connectivity index (χ1) is 8.74. The number of benzene rings is 1. The molecular formula is C14H11ClO3. The highest BCUT2D eigenvalue weighted by Gasteiger charge is 2.23. The summed E-state index contributed by atoms with van der Waals surface area (Å²) < 4.78 is 10.5. The van der Waals surface area contributed by atoms with Crippen molar-refractivity contribution in [3.8, 4) is 5.75 Å². The highest BCUT2D eigenvalue weighted by atomic mass is 35.5. The molecule has 1 heterocycles. The lowest BCUT2D eigenvalue weighted by Crippen LogP contribution is -2.01. The normalized spacial score (nSPS) is 14.5. The van der Waals surface area contributed by atoms with E-state index >= 15 is 0 Å². The van der Waals surface area contributed by atoms with Crippen LogP contribution in [0.2, 0.25) is 5.22 Å². The van der Waals surface area contributed by atoms with E-state index in [4.69, 9.17) is 20.8 Å². The monoisotopic (exact) mass is 262 g/mol. The Bertz CT molecular complexity index is 567. The maximum absolute atomic E-state index is 12.1. The van der Waals surface area contributed by atoms with Crippen molar-refractivity contribution in [3.63, 3.8) is 0 Å². The molecule has 1 aliphatic rings. The van der Waals surface area contributed by atoms with Gasteiger partial charge in [0.1, 0.15) is 5.75 Å². The molecule has 0 bridgehead atoms. The van der Waals surface area contributed by atoms with Crippen molar-refractivity contribution in [2.45, 2.75) is 18.9 Å². The Morgan fingerprint density at radius 3 is 2.50 bits per heavy atom. The zero-order valence-corrected chi connectivity index (χ0v) is 10.3. The fourth-order valence-corrected chi connectivity index (χ4v) is 1.87. The van der Waals surface area contributed by atoms with Crippen LogP contribution in [0.25, 0.3) is 0 Å². The van der Waals surface area contributed by atoms with Crippen LogP contribution in [-0.2, 0) is 0 Å². The number of ketones is 1. The summed E-state index contributed by atoms with van der Waals surface area (Å²) in [5.74, 6) is 0.652. The van der Waals surface area contributed by atoms with Gasteiger partial charge in [0.15, 0.2) is 5.78 Å². The first-order valence-electron chi connectivity index (χ1n) is 5.78. The molecule has 0 amide bonds. The van der Waals surface area contributed by atoms with E-state index in [-0.39, 0.29) is 11.0 Å². The highest BCUT2D eigenvalue weighted by molar-refractivity contribution is 6.33. The second-order valence-corrected chi connectivity index (χ2v) is 4.62. The van der Waals surface area contributed by atoms with Gasteiger partial charge in [-0.25, -0.2) is 0 Å². The number of halogens is 1. The third-order valence-corrected chi connectivity index (χ3v) is 3.10. The number of hydrogen-bond donors (Lipinski definition) is 0. The minimum absolute atomic E-state index is 0.123. The molecule has 0 saturated heterocycles. The quantitative estimate of drug-likeness (QED) is 0.789. The Morgan fingerprint density at radius 1 is 1.22 bits per heavy atom. The second kappa shape index (κ2) is 4.50. The van der Waals surface area contributed by atoms with Crippen LogP contribution in [-0.4, -0.2) is 11.9 Å². The van der Waals surface area contributed by atoms with Crippen LogP contribution in [0.5, 0.6) is 5.75 Å². The van der Waals surface area contributed by atoms with E-state index in [2.05, 4.69) is 0 Å². The van der Waals surface area contributed by atoms with Crippen molar-refractivity contribution in [3.05, 3.63) is 52.9 Å². The van der Waals surface area contributed by atoms with Gasteiger partial charge in [-0.3, -0.25) is 4.79 Å². The van der Waals surface area contributed by atoms with Gasteiger partial charge in [0.25, 0.3) is 0 Å². The zero-order valence-electron chi connectivity index (χ0n) is 9.56. The first kappa shape index (κ1) is 11.4. The summed E-state index contributed by atoms with van der Waals surface area (Å²) in [7, 11) is 0. The van der Waals surface area contributed by atoms with Crippen molar-refractivity contribution in [1.29, 1.82) is 0 Å². The molecule has 0 unspecified atom stereocenters. The SMILES string of the molecule is O=C(c1ccc(OC2CC2)cc1)c1ccoc1Cl. The topological polar surface area (TPSA) is 39.4 Å². The number of hydrogen-bond acceptors (Lipinski definition) is 3. The van der Waals surface area contributed by atoms with Crippen molar-refractivity contribution >= 4 is 17.4 Å². The van der Waals surface area contributed by atoms with Crippen molar-refractivity contribution < 1.29 is 13.9 Å². The lowest BCUT2D eigenvalue weighted by atomic mass is 10.1. The molecule has 1 fully saturated rings. The summed E-state index contributed by atoms with van der Waals surface area (Å²) in [4.78, 5) is 12.1. The molecule has 0 radical (unpaired) electrons. The molecule has 0 aliphatic heterocycles. The molecule has 18 heavy (non-hydrogen) atoms. The molecule has 3 nitrogen and oxygen atoms in total. The predicted molar refractivity (Wildman–Crippen MR) is 67.2 cm³/mol. The van der Waals surface area contributed by atoms with E-state index in [1.165, 1.54) is 6.26 Å². The smallest absolute Gasteiger partial charge is 0.204 e. The van der Waals surface area contributed by atoms with Crippen LogP contribution in [0.4, 0.5) is 0 Å². The molecule has 2 aromatic rings. The maximum Gasteiger partial charge on any atom is 0.204 e. The van der Waals surface area contributed by atoms with Gasteiger partial charge in [0, 0.05) is 5.56 Å². The number of furan rings is 1. The molecule has 1 aliphatic carbocycles. The summed E-state index contributed by atoms with van der Waals surface area (Å²) in [5.41, 5.74) is 0.953. The van der Waals surface area contributed by atoms with Gasteiger partial charge in [-0.15, -0.1) is 0 Å². The lowest BCUT2D eigenvalue weighted by Gasteiger charge is -2.04. The molecule has 0 atom stereocenters. The average molecular weight is 263 g/mol. The molecule has 3 rings (SSSR count). The summed E-state index contributed by atoms with van der Waals surface area (Å²) in [6.45, 7) is 0. The van der Waals surface area contributed by atoms with Crippen LogP contribution >= 0.6 is 11.6 Å². The second-order valence-electron chi connectivity index (χ2n) is 4.28. The summed E-state index contributed by atoms with van der Waals surface area (Å²) in [5, 5.41) is 0.123. The molecule has 0 N–H and O–H groups in total. The van der Waals surface area contributed by atoms with Crippen molar-refractivity contribution in [2.75, 3.05) is 0 Å². The number of rotatable bonds is 4. The standard InChI is InChI=1S/C14H11ClO3/c15-14-12(7-8-17-14)13(16)9-1-3-10(4-2-9)18-11-5-6-11/h1-4,7-8,11H,5-6H2. The molecule has 1 saturated carbocycles.